The van der Waals surface area contributed by atoms with Crippen LogP contribution in [0, 0.1) is 0 Å². The van der Waals surface area contributed by atoms with Crippen molar-refractivity contribution in [2.45, 2.75) is 50.9 Å². The first kappa shape index (κ1) is 36.6. The Labute approximate surface area is 304 Å². The molecule has 0 bridgehead atoms. The van der Waals surface area contributed by atoms with E-state index in [1.165, 1.54) is 17.0 Å². The maximum Gasteiger partial charge on any atom is 0.416 e. The number of fused-ring (bicyclic) bond motifs is 1. The van der Waals surface area contributed by atoms with Gasteiger partial charge in [-0.25, -0.2) is 14.6 Å². The number of ether oxygens (including phenoxy) is 1. The quantitative estimate of drug-likeness (QED) is 0.113. The van der Waals surface area contributed by atoms with E-state index in [-0.39, 0.29) is 23.9 Å². The molecule has 0 aliphatic heterocycles. The fourth-order valence-electron chi connectivity index (χ4n) is 6.79. The summed E-state index contributed by atoms with van der Waals surface area (Å²) in [4.78, 5) is 28.8. The van der Waals surface area contributed by atoms with Crippen molar-refractivity contribution in [3.63, 3.8) is 0 Å². The number of hydrogen-bond acceptors (Lipinski definition) is 4. The number of carboxylic acids is 2. The van der Waals surface area contributed by atoms with Gasteiger partial charge in [-0.05, 0) is 83.6 Å². The van der Waals surface area contributed by atoms with E-state index < -0.39 is 23.7 Å². The molecule has 0 spiro atoms. The van der Waals surface area contributed by atoms with Gasteiger partial charge in [0.2, 0.25) is 0 Å². The lowest BCUT2D eigenvalue weighted by Crippen LogP contribution is -3.13. The fraction of sp³-hybridized carbons (Fsp3) is 0.244. The van der Waals surface area contributed by atoms with Crippen LogP contribution in [0.15, 0.2) is 103 Å². The molecule has 1 heterocycles. The predicted octanol–water partition coefficient (Wildman–Crippen LogP) is 8.14. The Morgan fingerprint density at radius 3 is 2.23 bits per heavy atom. The number of nitrogens with one attached hydrogen (secondary N) is 1. The van der Waals surface area contributed by atoms with Crippen molar-refractivity contribution in [3.05, 3.63) is 153 Å². The number of aromatic nitrogens is 1. The molecular weight excluding hydrogens is 693 g/mol. The average Bonchev–Trinajstić information content (AvgIpc) is 3.14. The number of carboxylic acid groups (broad SMARTS) is 2. The second-order valence-electron chi connectivity index (χ2n) is 12.9. The molecule has 0 saturated carbocycles. The van der Waals surface area contributed by atoms with Crippen LogP contribution in [0.25, 0.3) is 11.1 Å². The Morgan fingerprint density at radius 2 is 1.54 bits per heavy atom. The molecule has 268 valence electrons. The minimum atomic E-state index is -4.41. The van der Waals surface area contributed by atoms with Crippen molar-refractivity contribution < 1.29 is 42.6 Å². The topological polar surface area (TPSA) is 101 Å². The number of nitrogens with zero attached hydrogens (tertiary/aromatic N) is 1. The van der Waals surface area contributed by atoms with Crippen LogP contribution in [0.1, 0.15) is 73.2 Å². The highest BCUT2D eigenvalue weighted by Gasteiger charge is 2.31. The molecule has 5 aromatic rings. The van der Waals surface area contributed by atoms with E-state index in [9.17, 15) is 33.0 Å². The van der Waals surface area contributed by atoms with Crippen molar-refractivity contribution in [3.8, 4) is 16.9 Å². The lowest BCUT2D eigenvalue weighted by atomic mass is 9.89. The zero-order chi connectivity index (χ0) is 36.8. The zero-order valence-corrected chi connectivity index (χ0v) is 28.9. The number of hydrogen-bond donors (Lipinski definition) is 3. The lowest BCUT2D eigenvalue weighted by molar-refractivity contribution is -0.932. The molecular formula is C41H37ClF3N2O5+. The Bertz CT molecular complexity index is 2050. The third-order valence-electron chi connectivity index (χ3n) is 9.61. The van der Waals surface area contributed by atoms with Gasteiger partial charge in [0.1, 0.15) is 24.1 Å². The highest BCUT2D eigenvalue weighted by Crippen LogP contribution is 2.33. The summed E-state index contributed by atoms with van der Waals surface area (Å²) in [7, 11) is 0. The summed E-state index contributed by atoms with van der Waals surface area (Å²) in [6, 6.07) is 28.6. The Balaban J connectivity index is 1.17. The van der Waals surface area contributed by atoms with Gasteiger partial charge >= 0.3 is 18.1 Å². The third-order valence-corrected chi connectivity index (χ3v) is 9.96. The van der Waals surface area contributed by atoms with E-state index in [1.54, 1.807) is 24.3 Å². The molecule has 11 heteroatoms. The number of carbonyl (C=O) groups is 2. The molecule has 4 aromatic carbocycles. The highest BCUT2D eigenvalue weighted by atomic mass is 35.5. The van der Waals surface area contributed by atoms with E-state index in [4.69, 9.17) is 16.3 Å². The van der Waals surface area contributed by atoms with E-state index >= 15 is 0 Å². The second-order valence-corrected chi connectivity index (χ2v) is 13.3. The van der Waals surface area contributed by atoms with Gasteiger partial charge in [-0.1, -0.05) is 66.2 Å². The van der Waals surface area contributed by atoms with E-state index in [1.807, 2.05) is 54.6 Å². The first-order chi connectivity index (χ1) is 25.0. The third kappa shape index (κ3) is 8.81. The normalized spacial score (nSPS) is 14.7. The van der Waals surface area contributed by atoms with Gasteiger partial charge in [-0.3, -0.25) is 0 Å². The summed E-state index contributed by atoms with van der Waals surface area (Å²) in [6.07, 6.45) is -0.452. The summed E-state index contributed by atoms with van der Waals surface area (Å²) in [6.45, 7) is 1.71. The van der Waals surface area contributed by atoms with E-state index in [0.717, 1.165) is 78.9 Å². The van der Waals surface area contributed by atoms with Crippen molar-refractivity contribution in [2.75, 3.05) is 13.1 Å². The number of rotatable bonds is 13. The summed E-state index contributed by atoms with van der Waals surface area (Å²) in [5.41, 5.74) is 5.55. The Hall–Kier alpha value is -5.19. The van der Waals surface area contributed by atoms with Crippen LogP contribution >= 0.6 is 11.6 Å². The molecule has 1 aromatic heterocycles. The van der Waals surface area contributed by atoms with Crippen LogP contribution in [0.2, 0.25) is 5.02 Å². The van der Waals surface area contributed by atoms with E-state index in [2.05, 4.69) is 4.98 Å². The fourth-order valence-corrected chi connectivity index (χ4v) is 7.03. The monoisotopic (exact) mass is 729 g/mol. The van der Waals surface area contributed by atoms with Gasteiger partial charge in [0.15, 0.2) is 0 Å². The molecule has 0 fully saturated rings. The molecule has 52 heavy (non-hydrogen) atoms. The van der Waals surface area contributed by atoms with Gasteiger partial charge in [-0.2, -0.15) is 13.2 Å². The van der Waals surface area contributed by atoms with Gasteiger partial charge < -0.3 is 19.8 Å². The molecule has 0 saturated heterocycles. The van der Waals surface area contributed by atoms with Gasteiger partial charge in [0.25, 0.3) is 0 Å². The Morgan fingerprint density at radius 1 is 0.827 bits per heavy atom. The summed E-state index contributed by atoms with van der Waals surface area (Å²) >= 11 is 6.63. The van der Waals surface area contributed by atoms with Crippen LogP contribution in [0.3, 0.4) is 0 Å². The first-order valence-corrected chi connectivity index (χ1v) is 17.4. The minimum Gasteiger partial charge on any atom is -0.489 e. The van der Waals surface area contributed by atoms with Crippen LogP contribution in [-0.2, 0) is 32.0 Å². The largest absolute Gasteiger partial charge is 0.489 e. The minimum absolute atomic E-state index is 0.0416. The van der Waals surface area contributed by atoms with Crippen molar-refractivity contribution in [2.24, 2.45) is 0 Å². The maximum absolute atomic E-state index is 13.0. The van der Waals surface area contributed by atoms with Crippen LogP contribution in [0.4, 0.5) is 13.2 Å². The standard InChI is InChI=1S/C41H36ClF3N2O5/c42-34-24-30(27-14-16-32(17-15-27)41(43,44)45)12-13-31(34)25-52-38-7-2-1-4-28(38)21-23-47(22-20-26-8-10-29(11-9-26)39(48)49)37-6-3-5-35-33(37)18-19-36(46-35)40(50)51/h1-2,4,7-19,24,37H,3,5-6,20-23,25H2,(H,48,49)(H,50,51)/p+1. The number of benzene rings is 4. The summed E-state index contributed by atoms with van der Waals surface area (Å²) in [5, 5.41) is 19.3. The van der Waals surface area contributed by atoms with Crippen LogP contribution in [0.5, 0.6) is 5.75 Å². The molecule has 2 unspecified atom stereocenters. The number of para-hydroxylation sites is 1. The molecule has 1 aliphatic carbocycles. The SMILES string of the molecule is O=C(O)c1ccc(CC[NH+](CCc2ccccc2OCc2ccc(-c3ccc(C(F)(F)F)cc3)cc2Cl)C2CCCc3nc(C(=O)O)ccc32)cc1. The molecule has 1 aliphatic rings. The van der Waals surface area contributed by atoms with Crippen molar-refractivity contribution >= 4 is 23.5 Å². The lowest BCUT2D eigenvalue weighted by Gasteiger charge is -2.33. The number of pyridine rings is 1. The van der Waals surface area contributed by atoms with Gasteiger partial charge in [0.05, 0.1) is 29.9 Å². The molecule has 0 radical (unpaired) electrons. The number of aryl methyl sites for hydroxylation is 1. The average molecular weight is 730 g/mol. The second kappa shape index (κ2) is 16.0. The first-order valence-electron chi connectivity index (χ1n) is 17.0. The Kier molecular flexibility index (Phi) is 11.3. The number of alkyl halides is 3. The molecule has 7 nitrogen and oxygen atoms in total. The molecule has 3 N–H and O–H groups in total. The van der Waals surface area contributed by atoms with Crippen molar-refractivity contribution in [1.82, 2.24) is 4.98 Å². The smallest absolute Gasteiger partial charge is 0.416 e. The van der Waals surface area contributed by atoms with Crippen LogP contribution in [-0.4, -0.2) is 40.2 Å². The summed E-state index contributed by atoms with van der Waals surface area (Å²) in [5.74, 6) is -1.30. The van der Waals surface area contributed by atoms with Gasteiger partial charge in [0, 0.05) is 35.4 Å². The number of aromatic carboxylic acids is 2. The zero-order valence-electron chi connectivity index (χ0n) is 28.1. The van der Waals surface area contributed by atoms with Crippen molar-refractivity contribution in [1.29, 1.82) is 0 Å². The maximum atomic E-state index is 13.0. The van der Waals surface area contributed by atoms with Crippen LogP contribution < -0.4 is 9.64 Å². The van der Waals surface area contributed by atoms with E-state index in [0.29, 0.717) is 28.3 Å². The molecule has 0 amide bonds. The predicted molar refractivity (Wildman–Crippen MR) is 191 cm³/mol. The number of halogens is 4. The molecule has 6 rings (SSSR count). The summed E-state index contributed by atoms with van der Waals surface area (Å²) < 4.78 is 45.3. The highest BCUT2D eigenvalue weighted by molar-refractivity contribution is 6.31. The molecule has 2 atom stereocenters. The number of quaternary nitrogens is 1. The van der Waals surface area contributed by atoms with Gasteiger partial charge in [-0.15, -0.1) is 0 Å².